The third-order valence-corrected chi connectivity index (χ3v) is 4.26. The lowest BCUT2D eigenvalue weighted by atomic mass is 10.2. The summed E-state index contributed by atoms with van der Waals surface area (Å²) in [5.41, 5.74) is 2.97. The maximum Gasteiger partial charge on any atom is 0.191 e. The van der Waals surface area contributed by atoms with Crippen LogP contribution < -0.4 is 15.4 Å². The van der Waals surface area contributed by atoms with Crippen LogP contribution in [-0.4, -0.2) is 22.8 Å². The van der Waals surface area contributed by atoms with Crippen LogP contribution in [0.5, 0.6) is 5.75 Å². The zero-order chi connectivity index (χ0) is 19.8. The molecule has 3 rings (SSSR count). The Morgan fingerprint density at radius 3 is 2.54 bits per heavy atom. The maximum atomic E-state index is 13.2. The van der Waals surface area contributed by atoms with Crippen LogP contribution in [0.1, 0.15) is 16.8 Å². The molecule has 1 heterocycles. The van der Waals surface area contributed by atoms with Gasteiger partial charge in [0.25, 0.3) is 0 Å². The molecule has 0 radical (unpaired) electrons. The van der Waals surface area contributed by atoms with E-state index >= 15 is 0 Å². The molecule has 2 N–H and O–H groups in total. The van der Waals surface area contributed by atoms with Crippen molar-refractivity contribution >= 4 is 5.96 Å². The topological polar surface area (TPSA) is 63.5 Å². The van der Waals surface area contributed by atoms with E-state index in [2.05, 4.69) is 20.7 Å². The van der Waals surface area contributed by atoms with Gasteiger partial charge in [-0.05, 0) is 41.5 Å². The average molecular weight is 381 g/mol. The molecular formula is C21H24FN5O. The van der Waals surface area contributed by atoms with Gasteiger partial charge in [0.15, 0.2) is 5.96 Å². The van der Waals surface area contributed by atoms with Crippen molar-refractivity contribution in [2.45, 2.75) is 19.7 Å². The highest BCUT2D eigenvalue weighted by Crippen LogP contribution is 2.14. The van der Waals surface area contributed by atoms with Crippen LogP contribution in [0.3, 0.4) is 0 Å². The van der Waals surface area contributed by atoms with E-state index in [9.17, 15) is 4.39 Å². The minimum absolute atomic E-state index is 0.257. The van der Waals surface area contributed by atoms with Crippen molar-refractivity contribution in [1.82, 2.24) is 20.4 Å². The van der Waals surface area contributed by atoms with Gasteiger partial charge >= 0.3 is 0 Å². The first-order valence-corrected chi connectivity index (χ1v) is 9.01. The Balaban J connectivity index is 1.46. The first-order chi connectivity index (χ1) is 13.6. The van der Waals surface area contributed by atoms with Gasteiger partial charge in [-0.2, -0.15) is 5.10 Å². The van der Waals surface area contributed by atoms with Crippen molar-refractivity contribution in [2.24, 2.45) is 12.0 Å². The van der Waals surface area contributed by atoms with Crippen LogP contribution >= 0.6 is 0 Å². The highest BCUT2D eigenvalue weighted by Gasteiger charge is 2.03. The molecule has 0 fully saturated rings. The summed E-state index contributed by atoms with van der Waals surface area (Å²) < 4.78 is 20.7. The standard InChI is InChI=1S/C21H24FN5O/c1-23-21(25-14-19-10-11-26-27(19)2)24-13-16-6-8-20(9-7-16)28-15-17-4-3-5-18(22)12-17/h3-12H,13-15H2,1-2H3,(H2,23,24,25). The fourth-order valence-electron chi connectivity index (χ4n) is 2.65. The van der Waals surface area contributed by atoms with E-state index in [4.69, 9.17) is 4.74 Å². The van der Waals surface area contributed by atoms with Gasteiger partial charge in [0, 0.05) is 26.8 Å². The maximum absolute atomic E-state index is 13.2. The van der Waals surface area contributed by atoms with Gasteiger partial charge in [-0.1, -0.05) is 24.3 Å². The van der Waals surface area contributed by atoms with Gasteiger partial charge in [0.2, 0.25) is 0 Å². The number of benzene rings is 2. The van der Waals surface area contributed by atoms with Gasteiger partial charge in [0.1, 0.15) is 18.2 Å². The molecule has 0 atom stereocenters. The summed E-state index contributed by atoms with van der Waals surface area (Å²) in [6.07, 6.45) is 1.77. The number of rotatable bonds is 7. The zero-order valence-electron chi connectivity index (χ0n) is 16.0. The lowest BCUT2D eigenvalue weighted by Crippen LogP contribution is -2.36. The normalized spacial score (nSPS) is 11.3. The van der Waals surface area contributed by atoms with Crippen LogP contribution in [0, 0.1) is 5.82 Å². The molecule has 146 valence electrons. The molecule has 0 aliphatic carbocycles. The van der Waals surface area contributed by atoms with Crippen molar-refractivity contribution in [3.05, 3.63) is 83.4 Å². The molecule has 3 aromatic rings. The number of ether oxygens (including phenoxy) is 1. The highest BCUT2D eigenvalue weighted by atomic mass is 19.1. The summed E-state index contributed by atoms with van der Waals surface area (Å²) >= 11 is 0. The number of hydrogen-bond donors (Lipinski definition) is 2. The Hall–Kier alpha value is -3.35. The number of nitrogens with one attached hydrogen (secondary N) is 2. The van der Waals surface area contributed by atoms with Gasteiger partial charge in [-0.15, -0.1) is 0 Å². The number of hydrogen-bond acceptors (Lipinski definition) is 3. The van der Waals surface area contributed by atoms with Crippen molar-refractivity contribution in [2.75, 3.05) is 7.05 Å². The fraction of sp³-hybridized carbons (Fsp3) is 0.238. The molecule has 28 heavy (non-hydrogen) atoms. The minimum Gasteiger partial charge on any atom is -0.489 e. The van der Waals surface area contributed by atoms with Gasteiger partial charge in [-0.3, -0.25) is 9.67 Å². The Morgan fingerprint density at radius 1 is 1.07 bits per heavy atom. The summed E-state index contributed by atoms with van der Waals surface area (Å²) in [7, 11) is 3.65. The van der Waals surface area contributed by atoms with Crippen LogP contribution in [0.4, 0.5) is 4.39 Å². The second kappa shape index (κ2) is 9.55. The Bertz CT molecular complexity index is 921. The van der Waals surface area contributed by atoms with Gasteiger partial charge in [0.05, 0.1) is 12.2 Å². The van der Waals surface area contributed by atoms with E-state index in [-0.39, 0.29) is 5.82 Å². The van der Waals surface area contributed by atoms with Crippen molar-refractivity contribution < 1.29 is 9.13 Å². The molecule has 0 bridgehead atoms. The van der Waals surface area contributed by atoms with Crippen LogP contribution in [-0.2, 0) is 26.7 Å². The third kappa shape index (κ3) is 5.57. The molecule has 0 amide bonds. The summed E-state index contributed by atoms with van der Waals surface area (Å²) in [6.45, 7) is 1.61. The molecule has 0 spiro atoms. The number of nitrogens with zero attached hydrogens (tertiary/aromatic N) is 3. The van der Waals surface area contributed by atoms with Gasteiger partial charge in [-0.25, -0.2) is 4.39 Å². The molecule has 2 aromatic carbocycles. The largest absolute Gasteiger partial charge is 0.489 e. The number of aliphatic imine (C=N–C) groups is 1. The lowest BCUT2D eigenvalue weighted by Gasteiger charge is -2.12. The summed E-state index contributed by atoms with van der Waals surface area (Å²) in [6, 6.07) is 16.2. The lowest BCUT2D eigenvalue weighted by molar-refractivity contribution is 0.305. The molecule has 1 aromatic heterocycles. The van der Waals surface area contributed by atoms with E-state index in [0.717, 1.165) is 22.6 Å². The predicted octanol–water partition coefficient (Wildman–Crippen LogP) is 3.00. The number of aromatic nitrogens is 2. The number of guanidine groups is 1. The minimum atomic E-state index is -0.257. The van der Waals surface area contributed by atoms with E-state index in [1.807, 2.05) is 48.1 Å². The molecule has 0 unspecified atom stereocenters. The molecule has 0 aliphatic heterocycles. The quantitative estimate of drug-likeness (QED) is 0.488. The van der Waals surface area contributed by atoms with Crippen LogP contribution in [0.2, 0.25) is 0 Å². The molecular weight excluding hydrogens is 357 g/mol. The van der Waals surface area contributed by atoms with E-state index in [1.165, 1.54) is 12.1 Å². The molecule has 6 nitrogen and oxygen atoms in total. The second-order valence-corrected chi connectivity index (χ2v) is 6.29. The first-order valence-electron chi connectivity index (χ1n) is 9.01. The zero-order valence-corrected chi connectivity index (χ0v) is 16.0. The third-order valence-electron chi connectivity index (χ3n) is 4.26. The number of halogens is 1. The Morgan fingerprint density at radius 2 is 1.86 bits per heavy atom. The average Bonchev–Trinajstić information content (AvgIpc) is 3.12. The summed E-state index contributed by atoms with van der Waals surface area (Å²) in [5, 5.41) is 10.7. The monoisotopic (exact) mass is 381 g/mol. The van der Waals surface area contributed by atoms with Crippen LogP contribution in [0.25, 0.3) is 0 Å². The van der Waals surface area contributed by atoms with E-state index < -0.39 is 0 Å². The number of aryl methyl sites for hydroxylation is 1. The van der Waals surface area contributed by atoms with E-state index in [0.29, 0.717) is 25.7 Å². The van der Waals surface area contributed by atoms with Crippen LogP contribution in [0.15, 0.2) is 65.8 Å². The van der Waals surface area contributed by atoms with E-state index in [1.54, 1.807) is 19.3 Å². The summed E-state index contributed by atoms with van der Waals surface area (Å²) in [4.78, 5) is 4.23. The van der Waals surface area contributed by atoms with Crippen molar-refractivity contribution in [3.63, 3.8) is 0 Å². The second-order valence-electron chi connectivity index (χ2n) is 6.29. The molecule has 7 heteroatoms. The highest BCUT2D eigenvalue weighted by molar-refractivity contribution is 5.79. The van der Waals surface area contributed by atoms with Gasteiger partial charge < -0.3 is 15.4 Å². The summed E-state index contributed by atoms with van der Waals surface area (Å²) in [5.74, 6) is 1.20. The Kier molecular flexibility index (Phi) is 6.62. The van der Waals surface area contributed by atoms with Crippen molar-refractivity contribution in [1.29, 1.82) is 0 Å². The molecule has 0 aliphatic rings. The molecule has 0 saturated heterocycles. The van der Waals surface area contributed by atoms with Crippen molar-refractivity contribution in [3.8, 4) is 5.75 Å². The fourth-order valence-corrected chi connectivity index (χ4v) is 2.65. The first kappa shape index (κ1) is 19.4. The predicted molar refractivity (Wildman–Crippen MR) is 107 cm³/mol. The Labute approximate surface area is 164 Å². The smallest absolute Gasteiger partial charge is 0.191 e. The SMILES string of the molecule is CN=C(NCc1ccc(OCc2cccc(F)c2)cc1)NCc1ccnn1C. The molecule has 0 saturated carbocycles.